The van der Waals surface area contributed by atoms with E-state index in [-0.39, 0.29) is 12.6 Å². The Labute approximate surface area is 97.2 Å². The van der Waals surface area contributed by atoms with Crippen LogP contribution in [0.1, 0.15) is 37.9 Å². The predicted octanol–water partition coefficient (Wildman–Crippen LogP) is 2.16. The number of rotatable bonds is 4. The largest absolute Gasteiger partial charge is 0.490 e. The second kappa shape index (κ2) is 4.85. The monoisotopic (exact) mass is 223 g/mol. The number of aliphatic hydroxyl groups is 1. The van der Waals surface area contributed by atoms with E-state index in [2.05, 4.69) is 0 Å². The highest BCUT2D eigenvalue weighted by Gasteiger charge is 2.15. The van der Waals surface area contributed by atoms with Crippen LogP contribution in [0.3, 0.4) is 0 Å². The van der Waals surface area contributed by atoms with Crippen LogP contribution in [-0.2, 0) is 0 Å². The maximum Gasteiger partial charge on any atom is 0.124 e. The fraction of sp³-hybridized carbons (Fsp3) is 0.538. The van der Waals surface area contributed by atoms with Gasteiger partial charge in [0.2, 0.25) is 0 Å². The third-order valence-electron chi connectivity index (χ3n) is 2.24. The zero-order valence-corrected chi connectivity index (χ0v) is 10.4. The Hall–Kier alpha value is -1.06. The Kier molecular flexibility index (Phi) is 3.94. The molecule has 3 heteroatoms. The molecule has 0 aliphatic heterocycles. The summed E-state index contributed by atoms with van der Waals surface area (Å²) in [5, 5.41) is 9.61. The maximum absolute atomic E-state index is 9.61. The van der Waals surface area contributed by atoms with Crippen molar-refractivity contribution < 1.29 is 9.84 Å². The van der Waals surface area contributed by atoms with Crippen LogP contribution >= 0.6 is 0 Å². The fourth-order valence-corrected chi connectivity index (χ4v) is 1.41. The van der Waals surface area contributed by atoms with Gasteiger partial charge in [0, 0.05) is 11.6 Å². The van der Waals surface area contributed by atoms with Gasteiger partial charge in [0.25, 0.3) is 0 Å². The van der Waals surface area contributed by atoms with Crippen LogP contribution in [-0.4, -0.2) is 17.3 Å². The smallest absolute Gasteiger partial charge is 0.124 e. The molecule has 0 saturated carbocycles. The van der Waals surface area contributed by atoms with Crippen LogP contribution < -0.4 is 10.5 Å². The van der Waals surface area contributed by atoms with E-state index in [1.165, 1.54) is 0 Å². The molecule has 0 radical (unpaired) electrons. The minimum absolute atomic E-state index is 0.0725. The highest BCUT2D eigenvalue weighted by Crippen LogP contribution is 2.25. The quantitative estimate of drug-likeness (QED) is 0.822. The molecular weight excluding hydrogens is 202 g/mol. The first kappa shape index (κ1) is 13.0. The molecule has 0 bridgehead atoms. The Balaban J connectivity index is 2.87. The molecule has 0 heterocycles. The van der Waals surface area contributed by atoms with E-state index in [1.807, 2.05) is 32.0 Å². The first-order chi connectivity index (χ1) is 7.29. The van der Waals surface area contributed by atoms with Gasteiger partial charge in [0.05, 0.1) is 5.60 Å². The van der Waals surface area contributed by atoms with Gasteiger partial charge in [-0.25, -0.2) is 0 Å². The van der Waals surface area contributed by atoms with Crippen LogP contribution in [0, 0.1) is 6.92 Å². The van der Waals surface area contributed by atoms with Crippen LogP contribution in [0.5, 0.6) is 5.75 Å². The summed E-state index contributed by atoms with van der Waals surface area (Å²) in [6.45, 7) is 7.63. The van der Waals surface area contributed by atoms with Crippen LogP contribution in [0.25, 0.3) is 0 Å². The van der Waals surface area contributed by atoms with Gasteiger partial charge >= 0.3 is 0 Å². The summed E-state index contributed by atoms with van der Waals surface area (Å²) in [5.74, 6) is 0.753. The topological polar surface area (TPSA) is 55.5 Å². The molecule has 0 unspecified atom stereocenters. The van der Waals surface area contributed by atoms with Gasteiger partial charge in [-0.1, -0.05) is 17.7 Å². The van der Waals surface area contributed by atoms with Crippen molar-refractivity contribution in [2.24, 2.45) is 5.73 Å². The fourth-order valence-electron chi connectivity index (χ4n) is 1.41. The normalized spacial score (nSPS) is 13.6. The summed E-state index contributed by atoms with van der Waals surface area (Å²) < 4.78 is 5.59. The van der Waals surface area contributed by atoms with Crippen molar-refractivity contribution in [1.82, 2.24) is 0 Å². The highest BCUT2D eigenvalue weighted by atomic mass is 16.5. The summed E-state index contributed by atoms with van der Waals surface area (Å²) in [6, 6.07) is 5.83. The van der Waals surface area contributed by atoms with E-state index in [4.69, 9.17) is 10.5 Å². The van der Waals surface area contributed by atoms with E-state index in [0.717, 1.165) is 16.9 Å². The van der Waals surface area contributed by atoms with Gasteiger partial charge in [-0.3, -0.25) is 0 Å². The Bertz CT molecular complexity index is 353. The van der Waals surface area contributed by atoms with Crippen molar-refractivity contribution >= 4 is 0 Å². The molecule has 0 spiro atoms. The summed E-state index contributed by atoms with van der Waals surface area (Å²) >= 11 is 0. The molecular formula is C13H21NO2. The molecule has 16 heavy (non-hydrogen) atoms. The molecule has 1 aromatic carbocycles. The van der Waals surface area contributed by atoms with Gasteiger partial charge in [-0.2, -0.15) is 0 Å². The van der Waals surface area contributed by atoms with E-state index in [9.17, 15) is 5.11 Å². The summed E-state index contributed by atoms with van der Waals surface area (Å²) in [7, 11) is 0. The maximum atomic E-state index is 9.61. The van der Waals surface area contributed by atoms with Crippen molar-refractivity contribution in [3.05, 3.63) is 29.3 Å². The molecule has 90 valence electrons. The highest BCUT2D eigenvalue weighted by molar-refractivity contribution is 5.38. The molecule has 0 aliphatic carbocycles. The molecule has 1 rings (SSSR count). The average molecular weight is 223 g/mol. The van der Waals surface area contributed by atoms with Crippen molar-refractivity contribution in [3.63, 3.8) is 0 Å². The standard InChI is InChI=1S/C13H21NO2/c1-9-5-6-12(11(7-9)10(2)14)16-8-13(3,4)15/h5-7,10,15H,8,14H2,1-4H3/t10-/m0/s1. The van der Waals surface area contributed by atoms with Crippen LogP contribution in [0.15, 0.2) is 18.2 Å². The van der Waals surface area contributed by atoms with Gasteiger partial charge in [0.15, 0.2) is 0 Å². The van der Waals surface area contributed by atoms with Crippen molar-refractivity contribution in [2.45, 2.75) is 39.3 Å². The van der Waals surface area contributed by atoms with Gasteiger partial charge in [-0.15, -0.1) is 0 Å². The van der Waals surface area contributed by atoms with Crippen molar-refractivity contribution in [1.29, 1.82) is 0 Å². The van der Waals surface area contributed by atoms with E-state index >= 15 is 0 Å². The number of hydrogen-bond donors (Lipinski definition) is 2. The number of aryl methyl sites for hydroxylation is 1. The van der Waals surface area contributed by atoms with E-state index in [0.29, 0.717) is 0 Å². The number of nitrogens with two attached hydrogens (primary N) is 1. The lowest BCUT2D eigenvalue weighted by atomic mass is 10.0. The zero-order valence-electron chi connectivity index (χ0n) is 10.4. The molecule has 0 fully saturated rings. The molecule has 0 saturated heterocycles. The number of ether oxygens (including phenoxy) is 1. The second-order valence-electron chi connectivity index (χ2n) is 4.93. The van der Waals surface area contributed by atoms with Crippen molar-refractivity contribution in [2.75, 3.05) is 6.61 Å². The zero-order chi connectivity index (χ0) is 12.3. The Morgan fingerprint density at radius 1 is 1.44 bits per heavy atom. The molecule has 3 nitrogen and oxygen atoms in total. The minimum Gasteiger partial charge on any atom is -0.490 e. The average Bonchev–Trinajstić information content (AvgIpc) is 2.14. The van der Waals surface area contributed by atoms with Gasteiger partial charge in [-0.05, 0) is 33.8 Å². The summed E-state index contributed by atoms with van der Waals surface area (Å²) in [5.41, 5.74) is 7.18. The van der Waals surface area contributed by atoms with E-state index in [1.54, 1.807) is 13.8 Å². The van der Waals surface area contributed by atoms with Crippen LogP contribution in [0.2, 0.25) is 0 Å². The number of benzene rings is 1. The molecule has 0 aliphatic rings. The van der Waals surface area contributed by atoms with Gasteiger partial charge < -0.3 is 15.6 Å². The first-order valence-corrected chi connectivity index (χ1v) is 5.51. The lowest BCUT2D eigenvalue weighted by molar-refractivity contribution is 0.0280. The molecule has 3 N–H and O–H groups in total. The molecule has 1 atom stereocenters. The van der Waals surface area contributed by atoms with Crippen LogP contribution in [0.4, 0.5) is 0 Å². The molecule has 0 amide bonds. The summed E-state index contributed by atoms with van der Waals surface area (Å²) in [4.78, 5) is 0. The second-order valence-corrected chi connectivity index (χ2v) is 4.93. The first-order valence-electron chi connectivity index (χ1n) is 5.51. The predicted molar refractivity (Wildman–Crippen MR) is 65.6 cm³/mol. The summed E-state index contributed by atoms with van der Waals surface area (Å²) in [6.07, 6.45) is 0. The van der Waals surface area contributed by atoms with Crippen molar-refractivity contribution in [3.8, 4) is 5.75 Å². The van der Waals surface area contributed by atoms with E-state index < -0.39 is 5.60 Å². The lowest BCUT2D eigenvalue weighted by Crippen LogP contribution is -2.28. The third-order valence-corrected chi connectivity index (χ3v) is 2.24. The SMILES string of the molecule is Cc1ccc(OCC(C)(C)O)c([C@H](C)N)c1. The molecule has 1 aromatic rings. The minimum atomic E-state index is -0.833. The number of hydrogen-bond acceptors (Lipinski definition) is 3. The third kappa shape index (κ3) is 3.83. The lowest BCUT2D eigenvalue weighted by Gasteiger charge is -2.20. The molecule has 0 aromatic heterocycles. The van der Waals surface area contributed by atoms with Gasteiger partial charge in [0.1, 0.15) is 12.4 Å². The Morgan fingerprint density at radius 3 is 2.56 bits per heavy atom. The Morgan fingerprint density at radius 2 is 2.06 bits per heavy atom.